The molecule has 2 amide bonds. The Kier molecular flexibility index (Phi) is 6.73. The van der Waals surface area contributed by atoms with Crippen molar-refractivity contribution in [3.8, 4) is 11.3 Å². The maximum atomic E-state index is 12.0. The van der Waals surface area contributed by atoms with Crippen LogP contribution >= 0.6 is 22.9 Å². The van der Waals surface area contributed by atoms with Crippen LogP contribution in [0.15, 0.2) is 36.9 Å². The molecule has 0 aliphatic rings. The van der Waals surface area contributed by atoms with Crippen molar-refractivity contribution < 1.29 is 9.59 Å². The first kappa shape index (κ1) is 19.1. The van der Waals surface area contributed by atoms with Crippen LogP contribution in [0.3, 0.4) is 0 Å². The standard InChI is InChI=1S/C18H20ClN3O2S/c1-4-17(24)22(5-2)11-15(23)20-10-16-21-18(12(3)25-16)13-6-8-14(19)9-7-13/h4,6-9H,1,5,10-11H2,2-3H3,(H,20,23). The van der Waals surface area contributed by atoms with Gasteiger partial charge in [0.1, 0.15) is 5.01 Å². The van der Waals surface area contributed by atoms with Crippen LogP contribution in [0.1, 0.15) is 16.8 Å². The smallest absolute Gasteiger partial charge is 0.246 e. The fourth-order valence-electron chi connectivity index (χ4n) is 2.28. The van der Waals surface area contributed by atoms with E-state index < -0.39 is 0 Å². The Morgan fingerprint density at radius 1 is 1.36 bits per heavy atom. The predicted molar refractivity (Wildman–Crippen MR) is 102 cm³/mol. The lowest BCUT2D eigenvalue weighted by Crippen LogP contribution is -2.39. The van der Waals surface area contributed by atoms with Crippen molar-refractivity contribution in [2.75, 3.05) is 13.1 Å². The third-order valence-corrected chi connectivity index (χ3v) is 4.82. The van der Waals surface area contributed by atoms with Gasteiger partial charge in [-0.25, -0.2) is 4.98 Å². The van der Waals surface area contributed by atoms with E-state index in [1.165, 1.54) is 22.3 Å². The summed E-state index contributed by atoms with van der Waals surface area (Å²) in [5.74, 6) is -0.481. The number of benzene rings is 1. The van der Waals surface area contributed by atoms with Gasteiger partial charge in [-0.15, -0.1) is 11.3 Å². The minimum absolute atomic E-state index is 0.00967. The van der Waals surface area contributed by atoms with Crippen molar-refractivity contribution in [1.82, 2.24) is 15.2 Å². The van der Waals surface area contributed by atoms with E-state index in [-0.39, 0.29) is 18.4 Å². The highest BCUT2D eigenvalue weighted by Gasteiger charge is 2.14. The Bertz CT molecular complexity index is 771. The predicted octanol–water partition coefficient (Wildman–Crippen LogP) is 3.42. The largest absolute Gasteiger partial charge is 0.348 e. The highest BCUT2D eigenvalue weighted by atomic mass is 35.5. The first-order valence-corrected chi connectivity index (χ1v) is 9.04. The average Bonchev–Trinajstić information content (AvgIpc) is 2.98. The number of thiazole rings is 1. The minimum atomic E-state index is -0.257. The van der Waals surface area contributed by atoms with Gasteiger partial charge in [0.05, 0.1) is 18.8 Å². The molecule has 0 saturated carbocycles. The SMILES string of the molecule is C=CC(=O)N(CC)CC(=O)NCc1nc(-c2ccc(Cl)cc2)c(C)s1. The fraction of sp³-hybridized carbons (Fsp3) is 0.278. The summed E-state index contributed by atoms with van der Waals surface area (Å²) in [7, 11) is 0. The first-order valence-electron chi connectivity index (χ1n) is 7.84. The second-order valence-electron chi connectivity index (χ2n) is 5.35. The molecule has 0 aliphatic carbocycles. The molecule has 0 bridgehead atoms. The van der Waals surface area contributed by atoms with E-state index >= 15 is 0 Å². The van der Waals surface area contributed by atoms with Crippen LogP contribution in [0.2, 0.25) is 5.02 Å². The van der Waals surface area contributed by atoms with Crippen molar-refractivity contribution in [2.24, 2.45) is 0 Å². The Hall–Kier alpha value is -2.18. The maximum absolute atomic E-state index is 12.0. The number of aryl methyl sites for hydroxylation is 1. The molecule has 1 heterocycles. The molecule has 0 atom stereocenters. The number of aromatic nitrogens is 1. The number of carbonyl (C=O) groups is 2. The summed E-state index contributed by atoms with van der Waals surface area (Å²) in [4.78, 5) is 30.7. The highest BCUT2D eigenvalue weighted by Crippen LogP contribution is 2.28. The molecule has 0 aliphatic heterocycles. The highest BCUT2D eigenvalue weighted by molar-refractivity contribution is 7.12. The van der Waals surface area contributed by atoms with E-state index in [0.717, 1.165) is 21.1 Å². The normalized spacial score (nSPS) is 10.4. The molecule has 5 nitrogen and oxygen atoms in total. The van der Waals surface area contributed by atoms with Gasteiger partial charge in [-0.1, -0.05) is 30.3 Å². The molecule has 1 aromatic heterocycles. The van der Waals surface area contributed by atoms with Crippen molar-refractivity contribution in [3.63, 3.8) is 0 Å². The quantitative estimate of drug-likeness (QED) is 0.752. The Labute approximate surface area is 156 Å². The lowest BCUT2D eigenvalue weighted by molar-refractivity contribution is -0.132. The van der Waals surface area contributed by atoms with E-state index in [9.17, 15) is 9.59 Å². The van der Waals surface area contributed by atoms with Gasteiger partial charge in [0, 0.05) is 22.0 Å². The minimum Gasteiger partial charge on any atom is -0.348 e. The number of likely N-dealkylation sites (N-methyl/N-ethyl adjacent to an activating group) is 1. The van der Waals surface area contributed by atoms with Crippen molar-refractivity contribution in [2.45, 2.75) is 20.4 Å². The van der Waals surface area contributed by atoms with Crippen LogP contribution in [0.25, 0.3) is 11.3 Å². The van der Waals surface area contributed by atoms with E-state index in [0.29, 0.717) is 18.1 Å². The molecular weight excluding hydrogens is 358 g/mol. The number of hydrogen-bond donors (Lipinski definition) is 1. The molecule has 7 heteroatoms. The van der Waals surface area contributed by atoms with E-state index in [1.54, 1.807) is 0 Å². The summed E-state index contributed by atoms with van der Waals surface area (Å²) in [6, 6.07) is 7.50. The van der Waals surface area contributed by atoms with Crippen LogP contribution in [-0.4, -0.2) is 34.8 Å². The second kappa shape index (κ2) is 8.78. The molecule has 2 aromatic rings. The molecule has 0 unspecified atom stereocenters. The van der Waals surface area contributed by atoms with E-state index in [2.05, 4.69) is 16.9 Å². The Morgan fingerprint density at radius 3 is 2.64 bits per heavy atom. The van der Waals surface area contributed by atoms with Gasteiger partial charge >= 0.3 is 0 Å². The summed E-state index contributed by atoms with van der Waals surface area (Å²) < 4.78 is 0. The Morgan fingerprint density at radius 2 is 2.04 bits per heavy atom. The van der Waals surface area contributed by atoms with Gasteiger partial charge in [-0.3, -0.25) is 9.59 Å². The van der Waals surface area contributed by atoms with Crippen molar-refractivity contribution >= 4 is 34.8 Å². The van der Waals surface area contributed by atoms with Crippen LogP contribution in [-0.2, 0) is 16.1 Å². The number of nitrogens with zero attached hydrogens (tertiary/aromatic N) is 2. The molecule has 1 aromatic carbocycles. The number of hydrogen-bond acceptors (Lipinski definition) is 4. The first-order chi connectivity index (χ1) is 11.9. The van der Waals surface area contributed by atoms with Gasteiger partial charge in [0.15, 0.2) is 0 Å². The van der Waals surface area contributed by atoms with Crippen molar-refractivity contribution in [3.05, 3.63) is 51.8 Å². The van der Waals surface area contributed by atoms with Crippen LogP contribution in [0.5, 0.6) is 0 Å². The summed E-state index contributed by atoms with van der Waals surface area (Å²) in [6.45, 7) is 8.04. The molecule has 0 saturated heterocycles. The number of amides is 2. The molecule has 0 spiro atoms. The summed E-state index contributed by atoms with van der Waals surface area (Å²) in [5.41, 5.74) is 1.88. The molecule has 0 fully saturated rings. The lowest BCUT2D eigenvalue weighted by atomic mass is 10.1. The summed E-state index contributed by atoms with van der Waals surface area (Å²) in [6.07, 6.45) is 1.21. The topological polar surface area (TPSA) is 62.3 Å². The van der Waals surface area contributed by atoms with E-state index in [4.69, 9.17) is 11.6 Å². The van der Waals surface area contributed by atoms with Gasteiger partial charge in [-0.05, 0) is 32.1 Å². The summed E-state index contributed by atoms with van der Waals surface area (Å²) >= 11 is 7.45. The van der Waals surface area contributed by atoms with Gasteiger partial charge in [0.25, 0.3) is 0 Å². The Balaban J connectivity index is 1.98. The van der Waals surface area contributed by atoms with Crippen molar-refractivity contribution in [1.29, 1.82) is 0 Å². The zero-order valence-electron chi connectivity index (χ0n) is 14.2. The average molecular weight is 378 g/mol. The zero-order chi connectivity index (χ0) is 18.4. The molecule has 2 rings (SSSR count). The third-order valence-electron chi connectivity index (χ3n) is 3.60. The number of nitrogens with one attached hydrogen (secondary N) is 1. The molecule has 1 N–H and O–H groups in total. The molecule has 0 radical (unpaired) electrons. The third kappa shape index (κ3) is 5.14. The fourth-order valence-corrected chi connectivity index (χ4v) is 3.30. The number of rotatable bonds is 7. The second-order valence-corrected chi connectivity index (χ2v) is 7.08. The molecule has 132 valence electrons. The van der Waals surface area contributed by atoms with Crippen LogP contribution < -0.4 is 5.32 Å². The molecular formula is C18H20ClN3O2S. The monoisotopic (exact) mass is 377 g/mol. The zero-order valence-corrected chi connectivity index (χ0v) is 15.8. The lowest BCUT2D eigenvalue weighted by Gasteiger charge is -2.18. The van der Waals surface area contributed by atoms with Crippen LogP contribution in [0, 0.1) is 6.92 Å². The number of carbonyl (C=O) groups excluding carboxylic acids is 2. The van der Waals surface area contributed by atoms with Gasteiger partial charge < -0.3 is 10.2 Å². The van der Waals surface area contributed by atoms with Crippen LogP contribution in [0.4, 0.5) is 0 Å². The van der Waals surface area contributed by atoms with E-state index in [1.807, 2.05) is 38.1 Å². The van der Waals surface area contributed by atoms with Gasteiger partial charge in [-0.2, -0.15) is 0 Å². The summed E-state index contributed by atoms with van der Waals surface area (Å²) in [5, 5.41) is 4.30. The molecule has 25 heavy (non-hydrogen) atoms. The number of halogens is 1. The van der Waals surface area contributed by atoms with Gasteiger partial charge in [0.2, 0.25) is 11.8 Å². The maximum Gasteiger partial charge on any atom is 0.246 e.